The first-order chi connectivity index (χ1) is 2.83. The van der Waals surface area contributed by atoms with E-state index in [2.05, 4.69) is 0 Å². The molecule has 0 aliphatic rings. The zero-order valence-corrected chi connectivity index (χ0v) is 12.7. The van der Waals surface area contributed by atoms with Crippen LogP contribution in [0.1, 0.15) is 0 Å². The molecule has 7 nitrogen and oxygen atoms in total. The van der Waals surface area contributed by atoms with Gasteiger partial charge in [0.05, 0.1) is 0 Å². The largest absolute Gasteiger partial charge is 4.00 e. The van der Waals surface area contributed by atoms with Crippen LogP contribution in [0.15, 0.2) is 0 Å². The topological polar surface area (TPSA) is 154 Å². The fraction of sp³-hybridized carbons (Fsp3) is 0. The zero-order valence-electron chi connectivity index (χ0n) is 4.86. The Hall–Kier alpha value is 1.69. The Kier molecular flexibility index (Phi) is 477. The summed E-state index contributed by atoms with van der Waals surface area (Å²) in [6, 6.07) is 0. The predicted molar refractivity (Wildman–Crippen MR) is 16.3 cm³/mol. The molecular formula is O7SiSnTiZr+2. The van der Waals surface area contributed by atoms with E-state index in [1.165, 1.54) is 0 Å². The molecule has 0 saturated carbocycles. The van der Waals surface area contributed by atoms with Gasteiger partial charge in [-0.3, -0.25) is 8.92 Å². The monoisotopic (exact) mass is 398 g/mol. The number of hydrogen-bond acceptors (Lipinski definition) is 4. The molecule has 11 heavy (non-hydrogen) atoms. The van der Waals surface area contributed by atoms with Gasteiger partial charge in [0.1, 0.15) is 0 Å². The Bertz CT molecular complexity index is 72.4. The summed E-state index contributed by atoms with van der Waals surface area (Å²) in [7, 11) is -1.42. The summed E-state index contributed by atoms with van der Waals surface area (Å²) in [6.07, 6.45) is 0. The quantitative estimate of drug-likeness (QED) is 0.451. The molecule has 0 N–H and O–H groups in total. The van der Waals surface area contributed by atoms with Crippen LogP contribution in [-0.4, -0.2) is 30.4 Å². The fourth-order valence-corrected chi connectivity index (χ4v) is 0. The molecule has 0 radical (unpaired) electrons. The van der Waals surface area contributed by atoms with Crippen molar-refractivity contribution in [1.29, 1.82) is 0 Å². The van der Waals surface area contributed by atoms with Crippen molar-refractivity contribution in [2.75, 3.05) is 0 Å². The van der Waals surface area contributed by atoms with Gasteiger partial charge in [-0.05, 0) is 0 Å². The second kappa shape index (κ2) is 98.0. The predicted octanol–water partition coefficient (Wildman–Crippen LogP) is -1.60. The van der Waals surface area contributed by atoms with Crippen LogP contribution >= 0.6 is 0 Å². The van der Waals surface area contributed by atoms with Crippen molar-refractivity contribution in [2.45, 2.75) is 0 Å². The van der Waals surface area contributed by atoms with Crippen LogP contribution in [0.25, 0.3) is 0 Å². The number of rotatable bonds is 0. The molecule has 0 atom stereocenters. The van der Waals surface area contributed by atoms with E-state index in [1.54, 1.807) is 0 Å². The van der Waals surface area contributed by atoms with Crippen molar-refractivity contribution >= 4 is 30.4 Å². The first kappa shape index (κ1) is 53.5. The van der Waals surface area contributed by atoms with Gasteiger partial charge in [-0.15, -0.1) is 0 Å². The Morgan fingerprint density at radius 3 is 0.909 bits per heavy atom. The third-order valence-corrected chi connectivity index (χ3v) is 0. The molecule has 0 aromatic carbocycles. The first-order valence-corrected chi connectivity index (χ1v) is 3.96. The summed E-state index contributed by atoms with van der Waals surface area (Å²) >= 11 is -2.27. The molecule has 0 fully saturated rings. The maximum absolute atomic E-state index is 8.54. The average molecular weight is 398 g/mol. The third kappa shape index (κ3) is 383. The Morgan fingerprint density at radius 1 is 0.909 bits per heavy atom. The van der Waals surface area contributed by atoms with Crippen LogP contribution in [0, 0.1) is 0 Å². The van der Waals surface area contributed by atoms with Gasteiger partial charge in [-0.1, -0.05) is 0 Å². The summed E-state index contributed by atoms with van der Waals surface area (Å²) in [5, 5.41) is 0. The van der Waals surface area contributed by atoms with Gasteiger partial charge in [0.2, 0.25) is 0 Å². The van der Waals surface area contributed by atoms with E-state index in [-0.39, 0.29) is 64.3 Å². The maximum Gasteiger partial charge on any atom is 4.00 e. The van der Waals surface area contributed by atoms with E-state index >= 15 is 0 Å². The van der Waals surface area contributed by atoms with Crippen LogP contribution in [0.2, 0.25) is 0 Å². The van der Waals surface area contributed by atoms with Crippen molar-refractivity contribution in [2.24, 2.45) is 0 Å². The van der Waals surface area contributed by atoms with Crippen molar-refractivity contribution < 1.29 is 79.4 Å². The Morgan fingerprint density at radius 2 is 0.909 bits per heavy atom. The van der Waals surface area contributed by atoms with E-state index in [0.717, 1.165) is 0 Å². The van der Waals surface area contributed by atoms with Gasteiger partial charge in [-0.2, -0.15) is 0 Å². The Labute approximate surface area is 109 Å². The summed E-state index contributed by atoms with van der Waals surface area (Å²) < 4.78 is 33.9. The van der Waals surface area contributed by atoms with Gasteiger partial charge in [-0.25, -0.2) is 0 Å². The fourth-order valence-electron chi connectivity index (χ4n) is 0. The smallest absolute Gasteiger partial charge is 4.00 e. The summed E-state index contributed by atoms with van der Waals surface area (Å²) in [4.78, 5) is 0. The van der Waals surface area contributed by atoms with Crippen molar-refractivity contribution in [3.63, 3.8) is 0 Å². The van der Waals surface area contributed by atoms with Gasteiger partial charge >= 0.3 is 84.5 Å². The molecule has 0 aromatic heterocycles. The van der Waals surface area contributed by atoms with Gasteiger partial charge < -0.3 is 16.4 Å². The van der Waals surface area contributed by atoms with Gasteiger partial charge in [0, 0.05) is 0 Å². The molecule has 0 rings (SSSR count). The standard InChI is InChI=1S/O2Si.5O.Sn.Ti.Zr/c1-3-2;;;;;;;;/q;;;3*-2;;2*+4. The van der Waals surface area contributed by atoms with Crippen LogP contribution in [-0.2, 0) is 79.4 Å². The molecule has 0 saturated heterocycles. The molecule has 0 amide bonds. The van der Waals surface area contributed by atoms with E-state index in [9.17, 15) is 0 Å². The van der Waals surface area contributed by atoms with E-state index in [0.29, 0.717) is 0 Å². The van der Waals surface area contributed by atoms with Gasteiger partial charge in [0.25, 0.3) is 0 Å². The van der Waals surface area contributed by atoms with E-state index < -0.39 is 30.4 Å². The van der Waals surface area contributed by atoms with Crippen LogP contribution in [0.3, 0.4) is 0 Å². The third-order valence-electron chi connectivity index (χ3n) is 0. The summed E-state index contributed by atoms with van der Waals surface area (Å²) in [5.41, 5.74) is 0. The molecule has 0 aromatic rings. The second-order valence-corrected chi connectivity index (χ2v) is 0.809. The molecule has 0 spiro atoms. The minimum Gasteiger partial charge on any atom is 4.00 e. The van der Waals surface area contributed by atoms with Gasteiger partial charge in [0.15, 0.2) is 0 Å². The number of hydrogen-bond donors (Lipinski definition) is 0. The molecule has 0 aliphatic carbocycles. The van der Waals surface area contributed by atoms with E-state index in [1.807, 2.05) is 0 Å². The maximum atomic E-state index is 8.54. The molecule has 0 heterocycles. The molecule has 0 aliphatic heterocycles. The van der Waals surface area contributed by atoms with Crippen LogP contribution < -0.4 is 0 Å². The molecule has 56 valence electrons. The van der Waals surface area contributed by atoms with Crippen molar-refractivity contribution in [3.05, 3.63) is 0 Å². The molecule has 0 bridgehead atoms. The second-order valence-electron chi connectivity index (χ2n) is 0.167. The zero-order chi connectivity index (χ0) is 5.41. The molecule has 11 heteroatoms. The minimum atomic E-state index is -2.27. The van der Waals surface area contributed by atoms with Crippen LogP contribution in [0.5, 0.6) is 0 Å². The minimum absolute atomic E-state index is 0. The summed E-state index contributed by atoms with van der Waals surface area (Å²) in [6.45, 7) is 0. The van der Waals surface area contributed by atoms with Crippen LogP contribution in [0.4, 0.5) is 0 Å². The summed E-state index contributed by atoms with van der Waals surface area (Å²) in [5.74, 6) is 0. The Balaban J connectivity index is -0.00000000400. The molecular weight excluding hydrogens is 398 g/mol. The SMILES string of the molecule is O=[Si]=O.[O-2].[O-2].[O-2].[O]=[Sn]=[O].[Ti+4].[Zr+4]. The normalized spacial score (nSPS) is 1.45. The molecule has 0 unspecified atom stereocenters. The average Bonchev–Trinajstić information content (AvgIpc) is 1.39. The van der Waals surface area contributed by atoms with Crippen molar-refractivity contribution in [3.8, 4) is 0 Å². The van der Waals surface area contributed by atoms with E-state index in [4.69, 9.17) is 15.1 Å². The first-order valence-electron chi connectivity index (χ1n) is 0.816. The van der Waals surface area contributed by atoms with Crippen molar-refractivity contribution in [1.82, 2.24) is 0 Å².